The Morgan fingerprint density at radius 2 is 1.48 bits per heavy atom. The molecule has 1 heterocycles. The number of rotatable bonds is 3. The van der Waals surface area contributed by atoms with E-state index >= 15 is 0 Å². The Bertz CT molecular complexity index is 875. The molecule has 25 heavy (non-hydrogen) atoms. The molecule has 3 rings (SSSR count). The molecule has 128 valence electrons. The molecule has 1 aliphatic rings. The average Bonchev–Trinajstić information content (AvgIpc) is 2.69. The number of carboxylic acid groups (broad SMARTS) is 2. The molecule has 0 aliphatic carbocycles. The van der Waals surface area contributed by atoms with E-state index in [1.54, 1.807) is 60.5 Å². The van der Waals surface area contributed by atoms with Gasteiger partial charge in [-0.2, -0.15) is 0 Å². The summed E-state index contributed by atoms with van der Waals surface area (Å²) < 4.78 is 0. The third-order valence-electron chi connectivity index (χ3n) is 4.85. The van der Waals surface area contributed by atoms with Crippen LogP contribution in [-0.4, -0.2) is 35.0 Å². The maximum absolute atomic E-state index is 13.0. The van der Waals surface area contributed by atoms with Gasteiger partial charge in [0.25, 0.3) is 0 Å². The summed E-state index contributed by atoms with van der Waals surface area (Å²) in [5, 5.41) is 19.4. The number of benzene rings is 2. The molecule has 0 bridgehead atoms. The van der Waals surface area contributed by atoms with Gasteiger partial charge in [-0.05, 0) is 24.6 Å². The van der Waals surface area contributed by atoms with E-state index in [0.717, 1.165) is 0 Å². The normalized spacial score (nSPS) is 16.6. The summed E-state index contributed by atoms with van der Waals surface area (Å²) in [6.07, 6.45) is 0. The number of aliphatic carboxylic acids is 2. The van der Waals surface area contributed by atoms with Gasteiger partial charge in [-0.25, -0.2) is 0 Å². The molecule has 2 aromatic carbocycles. The van der Waals surface area contributed by atoms with Crippen LogP contribution >= 0.6 is 0 Å². The van der Waals surface area contributed by atoms with Crippen molar-refractivity contribution in [1.82, 2.24) is 0 Å². The van der Waals surface area contributed by atoms with Crippen LogP contribution in [-0.2, 0) is 9.59 Å². The molecule has 2 N–H and O–H groups in total. The van der Waals surface area contributed by atoms with Crippen molar-refractivity contribution in [3.8, 4) is 0 Å². The first kappa shape index (κ1) is 16.7. The Balaban J connectivity index is 2.39. The van der Waals surface area contributed by atoms with Gasteiger partial charge in [-0.3, -0.25) is 14.4 Å². The third kappa shape index (κ3) is 2.29. The van der Waals surface area contributed by atoms with Crippen molar-refractivity contribution < 1.29 is 24.6 Å². The van der Waals surface area contributed by atoms with Gasteiger partial charge in [0.05, 0.1) is 6.04 Å². The first-order chi connectivity index (χ1) is 11.8. The maximum atomic E-state index is 13.0. The number of carboxylic acids is 2. The summed E-state index contributed by atoms with van der Waals surface area (Å²) in [4.78, 5) is 38.4. The minimum absolute atomic E-state index is 0.251. The molecule has 6 heteroatoms. The highest BCUT2D eigenvalue weighted by molar-refractivity contribution is 6.15. The van der Waals surface area contributed by atoms with Crippen LogP contribution in [0, 0.1) is 5.41 Å². The first-order valence-corrected chi connectivity index (χ1v) is 7.72. The van der Waals surface area contributed by atoms with E-state index in [-0.39, 0.29) is 5.78 Å². The fourth-order valence-electron chi connectivity index (χ4n) is 3.43. The van der Waals surface area contributed by atoms with E-state index in [1.807, 2.05) is 0 Å². The Morgan fingerprint density at radius 3 is 2.08 bits per heavy atom. The van der Waals surface area contributed by atoms with Crippen molar-refractivity contribution in [2.45, 2.75) is 13.0 Å². The first-order valence-electron chi connectivity index (χ1n) is 7.72. The number of carbonyl (C=O) groups is 3. The fraction of sp³-hybridized carbons (Fsp3) is 0.211. The van der Waals surface area contributed by atoms with E-state index in [9.17, 15) is 24.6 Å². The predicted octanol–water partition coefficient (Wildman–Crippen LogP) is 2.58. The Morgan fingerprint density at radius 1 is 0.960 bits per heavy atom. The van der Waals surface area contributed by atoms with Gasteiger partial charge in [0, 0.05) is 23.9 Å². The summed E-state index contributed by atoms with van der Waals surface area (Å²) >= 11 is 0. The number of hydrogen-bond acceptors (Lipinski definition) is 4. The van der Waals surface area contributed by atoms with Gasteiger partial charge in [0.1, 0.15) is 0 Å². The highest BCUT2D eigenvalue weighted by atomic mass is 16.4. The van der Waals surface area contributed by atoms with E-state index in [0.29, 0.717) is 22.4 Å². The number of carbonyl (C=O) groups excluding carboxylic acids is 1. The second-order valence-electron chi connectivity index (χ2n) is 6.26. The second kappa shape index (κ2) is 5.73. The molecule has 0 saturated heterocycles. The lowest BCUT2D eigenvalue weighted by molar-refractivity contribution is -0.165. The standard InChI is InChI=1S/C19H17NO5/c1-19(17(22)23,18(24)25)16-12-8-4-3-7-11(12)15(21)13-9-5-6-10-14(13)20(16)2/h3-10,16H,1-2H3,(H,22,23)(H,24,25). The lowest BCUT2D eigenvalue weighted by Gasteiger charge is -2.38. The van der Waals surface area contributed by atoms with Crippen LogP contribution < -0.4 is 4.90 Å². The minimum atomic E-state index is -2.14. The monoisotopic (exact) mass is 339 g/mol. The van der Waals surface area contributed by atoms with Gasteiger partial charge < -0.3 is 15.1 Å². The van der Waals surface area contributed by atoms with E-state index in [4.69, 9.17) is 0 Å². The lowest BCUT2D eigenvalue weighted by Crippen LogP contribution is -2.48. The zero-order valence-electron chi connectivity index (χ0n) is 13.8. The topological polar surface area (TPSA) is 94.9 Å². The third-order valence-corrected chi connectivity index (χ3v) is 4.85. The van der Waals surface area contributed by atoms with E-state index < -0.39 is 23.4 Å². The zero-order chi connectivity index (χ0) is 18.4. The van der Waals surface area contributed by atoms with Gasteiger partial charge in [0.15, 0.2) is 11.2 Å². The van der Waals surface area contributed by atoms with Crippen LogP contribution in [0.15, 0.2) is 48.5 Å². The van der Waals surface area contributed by atoms with Gasteiger partial charge >= 0.3 is 11.9 Å². The molecular formula is C19H17NO5. The van der Waals surface area contributed by atoms with Crippen LogP contribution in [0.25, 0.3) is 0 Å². The Kier molecular flexibility index (Phi) is 3.83. The highest BCUT2D eigenvalue weighted by Gasteiger charge is 2.53. The van der Waals surface area contributed by atoms with Gasteiger partial charge in [-0.15, -0.1) is 0 Å². The van der Waals surface area contributed by atoms with Crippen LogP contribution in [0.3, 0.4) is 0 Å². The maximum Gasteiger partial charge on any atom is 0.323 e. The number of nitrogens with zero attached hydrogens (tertiary/aromatic N) is 1. The number of anilines is 1. The summed E-state index contributed by atoms with van der Waals surface area (Å²) in [7, 11) is 1.61. The van der Waals surface area contributed by atoms with Crippen molar-refractivity contribution in [1.29, 1.82) is 0 Å². The number of hydrogen-bond donors (Lipinski definition) is 2. The molecule has 1 atom stereocenters. The van der Waals surface area contributed by atoms with Gasteiger partial charge in [0.2, 0.25) is 0 Å². The molecule has 0 spiro atoms. The predicted molar refractivity (Wildman–Crippen MR) is 90.8 cm³/mol. The Hall–Kier alpha value is -3.15. The van der Waals surface area contributed by atoms with E-state index in [2.05, 4.69) is 0 Å². The molecule has 1 aliphatic heterocycles. The SMILES string of the molecule is CN1c2ccccc2C(=O)c2ccccc2C1C(C)(C(=O)O)C(=O)O. The minimum Gasteiger partial charge on any atom is -0.480 e. The lowest BCUT2D eigenvalue weighted by atomic mass is 9.76. The molecule has 0 aromatic heterocycles. The Labute approximate surface area is 144 Å². The highest BCUT2D eigenvalue weighted by Crippen LogP contribution is 2.45. The summed E-state index contributed by atoms with van der Waals surface area (Å²) in [6, 6.07) is 12.3. The van der Waals surface area contributed by atoms with Crippen LogP contribution in [0.4, 0.5) is 5.69 Å². The van der Waals surface area contributed by atoms with E-state index in [1.165, 1.54) is 6.92 Å². The van der Waals surface area contributed by atoms with Crippen molar-refractivity contribution in [2.75, 3.05) is 11.9 Å². The molecule has 0 radical (unpaired) electrons. The van der Waals surface area contributed by atoms with Crippen LogP contribution in [0.2, 0.25) is 0 Å². The largest absolute Gasteiger partial charge is 0.480 e. The summed E-state index contributed by atoms with van der Waals surface area (Å²) in [5.41, 5.74) is -0.514. The fourth-order valence-corrected chi connectivity index (χ4v) is 3.43. The van der Waals surface area contributed by atoms with Crippen molar-refractivity contribution >= 4 is 23.4 Å². The van der Waals surface area contributed by atoms with Crippen LogP contribution in [0.5, 0.6) is 0 Å². The van der Waals surface area contributed by atoms with Crippen molar-refractivity contribution in [3.63, 3.8) is 0 Å². The zero-order valence-corrected chi connectivity index (χ0v) is 13.8. The number of para-hydroxylation sites is 1. The van der Waals surface area contributed by atoms with Crippen LogP contribution in [0.1, 0.15) is 34.5 Å². The molecule has 0 fully saturated rings. The van der Waals surface area contributed by atoms with Crippen molar-refractivity contribution in [3.05, 3.63) is 65.2 Å². The summed E-state index contributed by atoms with van der Waals surface area (Å²) in [5.74, 6) is -3.17. The summed E-state index contributed by atoms with van der Waals surface area (Å²) in [6.45, 7) is 1.17. The van der Waals surface area contributed by atoms with Crippen molar-refractivity contribution in [2.24, 2.45) is 5.41 Å². The molecule has 1 unspecified atom stereocenters. The second-order valence-corrected chi connectivity index (χ2v) is 6.26. The molecule has 0 amide bonds. The molecular weight excluding hydrogens is 322 g/mol. The average molecular weight is 339 g/mol. The molecule has 6 nitrogen and oxygen atoms in total. The quantitative estimate of drug-likeness (QED) is 0.835. The number of fused-ring (bicyclic) bond motifs is 2. The molecule has 0 saturated carbocycles. The molecule has 2 aromatic rings. The van der Waals surface area contributed by atoms with Gasteiger partial charge in [-0.1, -0.05) is 36.4 Å². The smallest absolute Gasteiger partial charge is 0.323 e. The number of ketones is 1.